The maximum absolute atomic E-state index is 11.2. The number of hydrogen-bond donors (Lipinski definition) is 2. The molecule has 23 heavy (non-hydrogen) atoms. The molecule has 1 aliphatic heterocycles. The molecule has 1 fully saturated rings. The number of nitrogens with two attached hydrogens (primary N) is 1. The third kappa shape index (κ3) is 4.00. The molecule has 2 aromatic rings. The molecule has 1 aliphatic rings. The highest BCUT2D eigenvalue weighted by molar-refractivity contribution is 5.92. The van der Waals surface area contributed by atoms with Crippen LogP contribution < -0.4 is 11.1 Å². The van der Waals surface area contributed by atoms with Gasteiger partial charge in [0.25, 0.3) is 0 Å². The van der Waals surface area contributed by atoms with E-state index >= 15 is 0 Å². The summed E-state index contributed by atoms with van der Waals surface area (Å²) in [5, 5.41) is 3.48. The molecule has 3 N–H and O–H groups in total. The molecular weight excluding hydrogens is 290 g/mol. The highest BCUT2D eigenvalue weighted by Gasteiger charge is 2.25. The van der Waals surface area contributed by atoms with E-state index in [1.54, 1.807) is 12.3 Å². The fraction of sp³-hybridized carbons (Fsp3) is 0.389. The van der Waals surface area contributed by atoms with Gasteiger partial charge >= 0.3 is 0 Å². The van der Waals surface area contributed by atoms with Gasteiger partial charge in [-0.15, -0.1) is 0 Å². The third-order valence-electron chi connectivity index (χ3n) is 4.33. The number of hydrogen-bond acceptors (Lipinski definition) is 4. The van der Waals surface area contributed by atoms with Crippen LogP contribution >= 0.6 is 0 Å². The molecule has 1 amide bonds. The highest BCUT2D eigenvalue weighted by atomic mass is 16.3. The molecule has 1 aromatic heterocycles. The predicted molar refractivity (Wildman–Crippen MR) is 88.9 cm³/mol. The van der Waals surface area contributed by atoms with Gasteiger partial charge in [-0.25, -0.2) is 0 Å². The summed E-state index contributed by atoms with van der Waals surface area (Å²) in [6.45, 7) is 3.74. The number of nitrogens with one attached hydrogen (secondary N) is 1. The van der Waals surface area contributed by atoms with Gasteiger partial charge in [-0.2, -0.15) is 0 Å². The van der Waals surface area contributed by atoms with Crippen molar-refractivity contribution in [3.05, 3.63) is 59.5 Å². The van der Waals surface area contributed by atoms with Gasteiger partial charge in [-0.3, -0.25) is 9.69 Å². The normalized spacial score (nSPS) is 16.5. The number of benzene rings is 1. The van der Waals surface area contributed by atoms with Crippen molar-refractivity contribution in [2.45, 2.75) is 25.4 Å². The molecule has 0 aliphatic carbocycles. The van der Waals surface area contributed by atoms with Gasteiger partial charge in [-0.1, -0.05) is 12.1 Å². The summed E-state index contributed by atoms with van der Waals surface area (Å²) in [6.07, 6.45) is 4.23. The SMILES string of the molecule is NC(=O)c1cccc(CNCC(c2ccco2)N2CCCC2)c1. The molecule has 122 valence electrons. The first-order valence-corrected chi connectivity index (χ1v) is 8.11. The Balaban J connectivity index is 1.61. The lowest BCUT2D eigenvalue weighted by molar-refractivity contribution is 0.1000. The van der Waals surface area contributed by atoms with Gasteiger partial charge in [0.1, 0.15) is 5.76 Å². The summed E-state index contributed by atoms with van der Waals surface area (Å²) in [7, 11) is 0. The number of nitrogens with zero attached hydrogens (tertiary/aromatic N) is 1. The maximum atomic E-state index is 11.2. The van der Waals surface area contributed by atoms with Crippen LogP contribution in [0.5, 0.6) is 0 Å². The van der Waals surface area contributed by atoms with Crippen molar-refractivity contribution in [2.24, 2.45) is 5.73 Å². The van der Waals surface area contributed by atoms with E-state index in [1.807, 2.05) is 30.3 Å². The van der Waals surface area contributed by atoms with Crippen molar-refractivity contribution < 1.29 is 9.21 Å². The largest absolute Gasteiger partial charge is 0.468 e. The predicted octanol–water partition coefficient (Wildman–Crippen LogP) is 2.31. The van der Waals surface area contributed by atoms with Crippen molar-refractivity contribution in [3.63, 3.8) is 0 Å². The monoisotopic (exact) mass is 313 g/mol. The zero-order valence-electron chi connectivity index (χ0n) is 13.2. The molecule has 0 spiro atoms. The molecule has 1 unspecified atom stereocenters. The third-order valence-corrected chi connectivity index (χ3v) is 4.33. The van der Waals surface area contributed by atoms with Gasteiger partial charge in [0.15, 0.2) is 0 Å². The lowest BCUT2D eigenvalue weighted by Crippen LogP contribution is -2.33. The summed E-state index contributed by atoms with van der Waals surface area (Å²) >= 11 is 0. The average molecular weight is 313 g/mol. The Morgan fingerprint density at radius 2 is 2.09 bits per heavy atom. The smallest absolute Gasteiger partial charge is 0.248 e. The Hall–Kier alpha value is -2.11. The van der Waals surface area contributed by atoms with E-state index in [4.69, 9.17) is 10.2 Å². The minimum atomic E-state index is -0.391. The molecule has 2 heterocycles. The second-order valence-corrected chi connectivity index (χ2v) is 5.97. The number of carbonyl (C=O) groups excluding carboxylic acids is 1. The number of furan rings is 1. The molecule has 1 saturated heterocycles. The Kier molecular flexibility index (Phi) is 5.10. The summed E-state index contributed by atoms with van der Waals surface area (Å²) in [6, 6.07) is 11.7. The first kappa shape index (κ1) is 15.8. The quantitative estimate of drug-likeness (QED) is 0.823. The molecule has 0 radical (unpaired) electrons. The first-order valence-electron chi connectivity index (χ1n) is 8.11. The van der Waals surface area contributed by atoms with Gasteiger partial charge in [0, 0.05) is 18.7 Å². The lowest BCUT2D eigenvalue weighted by atomic mass is 10.1. The summed E-state index contributed by atoms with van der Waals surface area (Å²) in [4.78, 5) is 13.7. The Morgan fingerprint density at radius 3 is 2.78 bits per heavy atom. The zero-order chi connectivity index (χ0) is 16.1. The van der Waals surface area contributed by atoms with E-state index in [0.29, 0.717) is 12.1 Å². The van der Waals surface area contributed by atoms with Crippen LogP contribution in [-0.4, -0.2) is 30.4 Å². The Bertz CT molecular complexity index is 633. The summed E-state index contributed by atoms with van der Waals surface area (Å²) < 4.78 is 5.62. The highest BCUT2D eigenvalue weighted by Crippen LogP contribution is 2.24. The van der Waals surface area contributed by atoms with E-state index in [1.165, 1.54) is 12.8 Å². The van der Waals surface area contributed by atoms with Gasteiger partial charge in [0.05, 0.1) is 12.3 Å². The van der Waals surface area contributed by atoms with Crippen LogP contribution in [-0.2, 0) is 6.54 Å². The molecule has 0 saturated carbocycles. The molecule has 5 nitrogen and oxygen atoms in total. The Morgan fingerprint density at radius 1 is 1.26 bits per heavy atom. The van der Waals surface area contributed by atoms with E-state index in [-0.39, 0.29) is 6.04 Å². The zero-order valence-corrected chi connectivity index (χ0v) is 13.2. The topological polar surface area (TPSA) is 71.5 Å². The van der Waals surface area contributed by atoms with Gasteiger partial charge in [0.2, 0.25) is 5.91 Å². The van der Waals surface area contributed by atoms with E-state index in [2.05, 4.69) is 10.2 Å². The fourth-order valence-corrected chi connectivity index (χ4v) is 3.13. The molecular formula is C18H23N3O2. The van der Waals surface area contributed by atoms with E-state index in [9.17, 15) is 4.79 Å². The molecule has 1 atom stereocenters. The number of rotatable bonds is 7. The summed E-state index contributed by atoms with van der Waals surface area (Å²) in [5.74, 6) is 0.614. The molecule has 1 aromatic carbocycles. The fourth-order valence-electron chi connectivity index (χ4n) is 3.13. The van der Waals surface area contributed by atoms with E-state index < -0.39 is 5.91 Å². The van der Waals surface area contributed by atoms with Gasteiger partial charge < -0.3 is 15.5 Å². The van der Waals surface area contributed by atoms with E-state index in [0.717, 1.165) is 31.0 Å². The molecule has 5 heteroatoms. The minimum Gasteiger partial charge on any atom is -0.468 e. The summed E-state index contributed by atoms with van der Waals surface area (Å²) in [5.41, 5.74) is 6.93. The van der Waals surface area contributed by atoms with Crippen LogP contribution in [0.3, 0.4) is 0 Å². The van der Waals surface area contributed by atoms with Crippen LogP contribution in [0.25, 0.3) is 0 Å². The second-order valence-electron chi connectivity index (χ2n) is 5.97. The van der Waals surface area contributed by atoms with Crippen molar-refractivity contribution in [1.82, 2.24) is 10.2 Å². The minimum absolute atomic E-state index is 0.256. The Labute approximate surface area is 136 Å². The molecule has 0 bridgehead atoms. The number of primary amides is 1. The average Bonchev–Trinajstić information content (AvgIpc) is 3.25. The van der Waals surface area contributed by atoms with Crippen molar-refractivity contribution >= 4 is 5.91 Å². The van der Waals surface area contributed by atoms with Crippen molar-refractivity contribution in [2.75, 3.05) is 19.6 Å². The lowest BCUT2D eigenvalue weighted by Gasteiger charge is -2.26. The number of amides is 1. The van der Waals surface area contributed by atoms with Crippen LogP contribution in [0.15, 0.2) is 47.1 Å². The van der Waals surface area contributed by atoms with Crippen LogP contribution in [0.4, 0.5) is 0 Å². The van der Waals surface area contributed by atoms with Crippen molar-refractivity contribution in [3.8, 4) is 0 Å². The second kappa shape index (κ2) is 7.44. The molecule has 3 rings (SSSR count). The van der Waals surface area contributed by atoms with Crippen LogP contribution in [0.2, 0.25) is 0 Å². The van der Waals surface area contributed by atoms with Gasteiger partial charge in [-0.05, 0) is 55.8 Å². The first-order chi connectivity index (χ1) is 11.2. The number of likely N-dealkylation sites (tertiary alicyclic amines) is 1. The van der Waals surface area contributed by atoms with Crippen molar-refractivity contribution in [1.29, 1.82) is 0 Å². The van der Waals surface area contributed by atoms with Crippen LogP contribution in [0.1, 0.15) is 40.6 Å². The standard InChI is InChI=1S/C18H23N3O2/c19-18(22)15-6-3-5-14(11-15)12-20-13-16(17-7-4-10-23-17)21-8-1-2-9-21/h3-7,10-11,16,20H,1-2,8-9,12-13H2,(H2,19,22). The number of carbonyl (C=O) groups is 1. The van der Waals surface area contributed by atoms with Crippen LogP contribution in [0, 0.1) is 0 Å². The maximum Gasteiger partial charge on any atom is 0.248 e.